The number of hydrogen-bond acceptors (Lipinski definition) is 2. The fraction of sp³-hybridized carbons (Fsp3) is 0.650. The fourth-order valence-corrected chi connectivity index (χ4v) is 2.81. The molecule has 1 N–H and O–H groups in total. The maximum Gasteiger partial charge on any atom is 0.328 e. The summed E-state index contributed by atoms with van der Waals surface area (Å²) in [5, 5.41) is 8.62. The van der Waals surface area contributed by atoms with Crippen LogP contribution < -0.4 is 0 Å². The summed E-state index contributed by atoms with van der Waals surface area (Å²) in [4.78, 5) is 10.5. The number of aliphatic carboxylic acids is 1. The zero-order chi connectivity index (χ0) is 16.8. The Morgan fingerprint density at radius 2 is 2.04 bits per heavy atom. The lowest BCUT2D eigenvalue weighted by atomic mass is 10.0. The predicted molar refractivity (Wildman–Crippen MR) is 95.3 cm³/mol. The summed E-state index contributed by atoms with van der Waals surface area (Å²) < 4.78 is 6.21. The zero-order valence-electron chi connectivity index (χ0n) is 14.5. The first-order valence-corrected chi connectivity index (χ1v) is 9.17. The van der Waals surface area contributed by atoms with Crippen molar-refractivity contribution in [1.29, 1.82) is 0 Å². The van der Waals surface area contributed by atoms with E-state index >= 15 is 0 Å². The van der Waals surface area contributed by atoms with E-state index in [1.807, 2.05) is 6.08 Å². The van der Waals surface area contributed by atoms with Crippen LogP contribution in [0.3, 0.4) is 0 Å². The maximum absolute atomic E-state index is 10.5. The molecule has 1 aliphatic rings. The molecule has 1 unspecified atom stereocenters. The van der Waals surface area contributed by atoms with Gasteiger partial charge in [-0.25, -0.2) is 4.79 Å². The number of carbonyl (C=O) groups is 1. The molecule has 0 bridgehead atoms. The van der Waals surface area contributed by atoms with Gasteiger partial charge < -0.3 is 9.84 Å². The quantitative estimate of drug-likeness (QED) is 0.350. The van der Waals surface area contributed by atoms with Crippen LogP contribution in [0.4, 0.5) is 0 Å². The van der Waals surface area contributed by atoms with Crippen LogP contribution in [0.5, 0.6) is 0 Å². The summed E-state index contributed by atoms with van der Waals surface area (Å²) in [5.41, 5.74) is 0. The van der Waals surface area contributed by atoms with Crippen LogP contribution in [0.15, 0.2) is 36.1 Å². The van der Waals surface area contributed by atoms with Gasteiger partial charge in [0, 0.05) is 6.08 Å². The molecule has 0 fully saturated rings. The Kier molecular flexibility index (Phi) is 11.0. The van der Waals surface area contributed by atoms with Gasteiger partial charge in [0.05, 0.1) is 6.10 Å². The van der Waals surface area contributed by atoms with Gasteiger partial charge in [0.25, 0.3) is 0 Å². The Balaban J connectivity index is 2.58. The second-order valence-corrected chi connectivity index (χ2v) is 6.24. The summed E-state index contributed by atoms with van der Waals surface area (Å²) in [6.45, 7) is 2.23. The van der Waals surface area contributed by atoms with E-state index in [1.54, 1.807) is 12.2 Å². The van der Waals surface area contributed by atoms with Gasteiger partial charge in [-0.1, -0.05) is 51.2 Å². The molecule has 0 amide bonds. The highest BCUT2D eigenvalue weighted by molar-refractivity contribution is 5.80. The third-order valence-electron chi connectivity index (χ3n) is 4.12. The monoisotopic (exact) mass is 320 g/mol. The van der Waals surface area contributed by atoms with Gasteiger partial charge in [-0.2, -0.15) is 0 Å². The number of ether oxygens (including phenoxy) is 1. The molecule has 1 rings (SSSR count). The maximum atomic E-state index is 10.5. The lowest BCUT2D eigenvalue weighted by Gasteiger charge is -2.21. The number of carboxylic acids is 1. The van der Waals surface area contributed by atoms with Crippen LogP contribution in [0.2, 0.25) is 0 Å². The van der Waals surface area contributed by atoms with Crippen molar-refractivity contribution in [1.82, 2.24) is 0 Å². The molecule has 0 saturated heterocycles. The van der Waals surface area contributed by atoms with Gasteiger partial charge in [0.1, 0.15) is 5.76 Å². The van der Waals surface area contributed by atoms with Crippen molar-refractivity contribution in [3.63, 3.8) is 0 Å². The van der Waals surface area contributed by atoms with E-state index in [0.717, 1.165) is 31.1 Å². The van der Waals surface area contributed by atoms with Crippen molar-refractivity contribution >= 4 is 5.97 Å². The van der Waals surface area contributed by atoms with Crippen molar-refractivity contribution < 1.29 is 14.6 Å². The lowest BCUT2D eigenvalue weighted by Crippen LogP contribution is -2.13. The van der Waals surface area contributed by atoms with Crippen LogP contribution >= 0.6 is 0 Å². The minimum atomic E-state index is -0.927. The molecule has 1 heterocycles. The second kappa shape index (κ2) is 13.0. The van der Waals surface area contributed by atoms with Crippen molar-refractivity contribution in [3.05, 3.63) is 36.1 Å². The van der Waals surface area contributed by atoms with E-state index in [0.29, 0.717) is 6.10 Å². The molecular formula is C20H32O3. The highest BCUT2D eigenvalue weighted by atomic mass is 16.5. The smallest absolute Gasteiger partial charge is 0.328 e. The molecule has 1 aliphatic heterocycles. The van der Waals surface area contributed by atoms with E-state index in [2.05, 4.69) is 13.0 Å². The summed E-state index contributed by atoms with van der Waals surface area (Å²) in [6.07, 6.45) is 22.2. The number of rotatable bonds is 8. The summed E-state index contributed by atoms with van der Waals surface area (Å²) in [7, 11) is 0. The van der Waals surface area contributed by atoms with Gasteiger partial charge in [0.2, 0.25) is 0 Å². The van der Waals surface area contributed by atoms with Gasteiger partial charge in [-0.05, 0) is 50.7 Å². The average Bonchev–Trinajstić information content (AvgIpc) is 2.54. The summed E-state index contributed by atoms with van der Waals surface area (Å²) in [5.74, 6) is -0.0354. The molecule has 0 saturated carbocycles. The highest BCUT2D eigenvalue weighted by Crippen LogP contribution is 2.21. The molecule has 0 aromatic heterocycles. The van der Waals surface area contributed by atoms with E-state index in [-0.39, 0.29) is 0 Å². The Hall–Kier alpha value is -1.51. The topological polar surface area (TPSA) is 46.5 Å². The Bertz CT molecular complexity index is 407. The molecule has 0 spiro atoms. The Labute approximate surface area is 141 Å². The minimum Gasteiger partial charge on any atom is -0.491 e. The molecule has 130 valence electrons. The van der Waals surface area contributed by atoms with Crippen LogP contribution in [-0.2, 0) is 9.53 Å². The van der Waals surface area contributed by atoms with Gasteiger partial charge >= 0.3 is 5.97 Å². The average molecular weight is 320 g/mol. The zero-order valence-corrected chi connectivity index (χ0v) is 14.5. The molecular weight excluding hydrogens is 288 g/mol. The first-order chi connectivity index (χ1) is 11.2. The van der Waals surface area contributed by atoms with Gasteiger partial charge in [-0.15, -0.1) is 0 Å². The molecule has 3 heteroatoms. The van der Waals surface area contributed by atoms with Crippen molar-refractivity contribution in [2.24, 2.45) is 0 Å². The normalized spacial score (nSPS) is 22.7. The number of hydrogen-bond donors (Lipinski definition) is 1. The van der Waals surface area contributed by atoms with Gasteiger partial charge in [-0.3, -0.25) is 0 Å². The number of unbranched alkanes of at least 4 members (excludes halogenated alkanes) is 3. The third kappa shape index (κ3) is 10.8. The standard InChI is InChI=1S/C20H32O3/c1-2-3-4-8-13-18-14-9-6-5-7-10-15-19(23-18)16-11-12-17-20(21)22/h11-12,15-18H,2-10,13-14H2,1H3,(H,21,22)/b16-11+,17-12+,19-15-. The molecule has 3 nitrogen and oxygen atoms in total. The molecule has 23 heavy (non-hydrogen) atoms. The molecule has 0 aromatic rings. The van der Waals surface area contributed by atoms with Crippen molar-refractivity contribution in [3.8, 4) is 0 Å². The molecule has 0 radical (unpaired) electrons. The molecule has 1 atom stereocenters. The largest absolute Gasteiger partial charge is 0.491 e. The van der Waals surface area contributed by atoms with Crippen LogP contribution in [-0.4, -0.2) is 17.2 Å². The van der Waals surface area contributed by atoms with E-state index in [4.69, 9.17) is 9.84 Å². The van der Waals surface area contributed by atoms with Crippen LogP contribution in [0, 0.1) is 0 Å². The summed E-state index contributed by atoms with van der Waals surface area (Å²) in [6, 6.07) is 0. The summed E-state index contributed by atoms with van der Waals surface area (Å²) >= 11 is 0. The van der Waals surface area contributed by atoms with E-state index in [1.165, 1.54) is 51.4 Å². The first-order valence-electron chi connectivity index (χ1n) is 9.17. The Morgan fingerprint density at radius 1 is 1.22 bits per heavy atom. The van der Waals surface area contributed by atoms with Crippen molar-refractivity contribution in [2.75, 3.05) is 0 Å². The van der Waals surface area contributed by atoms with E-state index < -0.39 is 5.97 Å². The van der Waals surface area contributed by atoms with Gasteiger partial charge in [0.15, 0.2) is 0 Å². The molecule has 0 aliphatic carbocycles. The lowest BCUT2D eigenvalue weighted by molar-refractivity contribution is -0.131. The Morgan fingerprint density at radius 3 is 2.83 bits per heavy atom. The molecule has 0 aromatic carbocycles. The van der Waals surface area contributed by atoms with Crippen molar-refractivity contribution in [2.45, 2.75) is 83.7 Å². The highest BCUT2D eigenvalue weighted by Gasteiger charge is 2.11. The third-order valence-corrected chi connectivity index (χ3v) is 4.12. The number of carboxylic acid groups (broad SMARTS) is 1. The van der Waals surface area contributed by atoms with E-state index in [9.17, 15) is 4.79 Å². The minimum absolute atomic E-state index is 0.296. The first kappa shape index (κ1) is 19.5. The second-order valence-electron chi connectivity index (χ2n) is 6.24. The van der Waals surface area contributed by atoms with Crippen LogP contribution in [0.1, 0.15) is 77.6 Å². The number of allylic oxidation sites excluding steroid dienone is 4. The SMILES string of the molecule is CCCCCCC1CCCCCC/C=C(/C=C/C=C/C(=O)O)O1. The predicted octanol–water partition coefficient (Wildman–Crippen LogP) is 5.78. The fourth-order valence-electron chi connectivity index (χ4n) is 2.81. The van der Waals surface area contributed by atoms with Crippen LogP contribution in [0.25, 0.3) is 0 Å².